The number of nitrogens with zero attached hydrogens (tertiary/aromatic N) is 2. The number of benzene rings is 10. The molecule has 0 aliphatic carbocycles. The topological polar surface area (TPSA) is 8.17 Å². The van der Waals surface area contributed by atoms with Crippen molar-refractivity contribution in [3.05, 3.63) is 255 Å². The van der Waals surface area contributed by atoms with Crippen molar-refractivity contribution in [1.29, 1.82) is 0 Å². The van der Waals surface area contributed by atoms with E-state index in [0.29, 0.717) is 0 Å². The van der Waals surface area contributed by atoms with Crippen LogP contribution in [0.15, 0.2) is 255 Å². The van der Waals surface area contributed by atoms with Crippen molar-refractivity contribution in [2.24, 2.45) is 0 Å². The molecular weight excluding hydrogens is 749 g/mol. The predicted molar refractivity (Wildman–Crippen MR) is 263 cm³/mol. The number of hydrogen-bond acceptors (Lipinski definition) is 1. The lowest BCUT2D eigenvalue weighted by Crippen LogP contribution is -2.09. The second-order valence-electron chi connectivity index (χ2n) is 15.7. The van der Waals surface area contributed by atoms with E-state index in [0.717, 1.165) is 28.3 Å². The lowest BCUT2D eigenvalue weighted by molar-refractivity contribution is 1.18. The predicted octanol–water partition coefficient (Wildman–Crippen LogP) is 16.6. The lowest BCUT2D eigenvalue weighted by Gasteiger charge is -2.26. The van der Waals surface area contributed by atoms with E-state index < -0.39 is 0 Å². The maximum Gasteiger partial charge on any atom is 0.0546 e. The molecule has 0 spiro atoms. The fraction of sp³-hybridized carbons (Fsp3) is 0. The summed E-state index contributed by atoms with van der Waals surface area (Å²) in [4.78, 5) is 2.36. The Morgan fingerprint density at radius 2 is 0.629 bits per heavy atom. The Hall–Kier alpha value is -8.20. The standard InChI is InChI=1S/C60H42N2/c1-4-16-43(17-5-1)45-30-36-51(37-31-45)61(52-38-32-46(33-39-52)50-23-14-22-49(42-50)44-18-6-2-7-19-44)53-40-34-47(35-41-53)54-26-15-29-59(60(54)48-20-8-3-9-21-48)62-57-27-12-10-24-55(57)56-25-11-13-28-58(56)62/h1-42H. The van der Waals surface area contributed by atoms with Gasteiger partial charge in [0.15, 0.2) is 0 Å². The summed E-state index contributed by atoms with van der Waals surface area (Å²) in [5.41, 5.74) is 18.7. The summed E-state index contributed by atoms with van der Waals surface area (Å²) < 4.78 is 2.44. The van der Waals surface area contributed by atoms with Crippen LogP contribution < -0.4 is 4.90 Å². The number of rotatable bonds is 9. The minimum absolute atomic E-state index is 1.08. The van der Waals surface area contributed by atoms with Crippen LogP contribution in [0.4, 0.5) is 17.1 Å². The molecule has 11 aromatic rings. The number of hydrogen-bond donors (Lipinski definition) is 0. The van der Waals surface area contributed by atoms with Gasteiger partial charge in [-0.15, -0.1) is 0 Å². The quantitative estimate of drug-likeness (QED) is 0.141. The summed E-state index contributed by atoms with van der Waals surface area (Å²) in [7, 11) is 0. The van der Waals surface area contributed by atoms with Crippen molar-refractivity contribution < 1.29 is 0 Å². The first-order valence-corrected chi connectivity index (χ1v) is 21.3. The minimum Gasteiger partial charge on any atom is -0.311 e. The molecule has 2 heteroatoms. The van der Waals surface area contributed by atoms with Gasteiger partial charge in [-0.2, -0.15) is 0 Å². The van der Waals surface area contributed by atoms with E-state index in [1.165, 1.54) is 71.9 Å². The zero-order valence-corrected chi connectivity index (χ0v) is 34.1. The van der Waals surface area contributed by atoms with E-state index in [4.69, 9.17) is 0 Å². The number of para-hydroxylation sites is 2. The summed E-state index contributed by atoms with van der Waals surface area (Å²) >= 11 is 0. The molecule has 11 rings (SSSR count). The van der Waals surface area contributed by atoms with Gasteiger partial charge < -0.3 is 9.47 Å². The van der Waals surface area contributed by atoms with E-state index in [1.807, 2.05) is 0 Å². The van der Waals surface area contributed by atoms with Gasteiger partial charge in [0.2, 0.25) is 0 Å². The summed E-state index contributed by atoms with van der Waals surface area (Å²) in [6, 6.07) is 92.0. The summed E-state index contributed by atoms with van der Waals surface area (Å²) in [6.45, 7) is 0. The van der Waals surface area contributed by atoms with E-state index in [2.05, 4.69) is 264 Å². The molecule has 0 unspecified atom stereocenters. The molecule has 0 radical (unpaired) electrons. The third kappa shape index (κ3) is 6.84. The Morgan fingerprint density at radius 1 is 0.258 bits per heavy atom. The van der Waals surface area contributed by atoms with Crippen molar-refractivity contribution >= 4 is 38.9 Å². The van der Waals surface area contributed by atoms with Gasteiger partial charge in [0, 0.05) is 33.4 Å². The number of fused-ring (bicyclic) bond motifs is 3. The molecule has 0 amide bonds. The third-order valence-corrected chi connectivity index (χ3v) is 12.0. The van der Waals surface area contributed by atoms with Crippen LogP contribution in [0.25, 0.3) is 83.1 Å². The normalized spacial score (nSPS) is 11.2. The molecule has 0 saturated heterocycles. The maximum absolute atomic E-state index is 2.44. The highest BCUT2D eigenvalue weighted by Crippen LogP contribution is 2.43. The van der Waals surface area contributed by atoms with Crippen LogP contribution in [0.2, 0.25) is 0 Å². The molecule has 1 heterocycles. The Bertz CT molecular complexity index is 3240. The average Bonchev–Trinajstić information content (AvgIpc) is 3.69. The van der Waals surface area contributed by atoms with Crippen LogP contribution in [0.5, 0.6) is 0 Å². The highest BCUT2D eigenvalue weighted by Gasteiger charge is 2.20. The van der Waals surface area contributed by atoms with Crippen molar-refractivity contribution in [3.8, 4) is 61.3 Å². The molecule has 2 nitrogen and oxygen atoms in total. The van der Waals surface area contributed by atoms with E-state index in [1.54, 1.807) is 0 Å². The molecular formula is C60H42N2. The van der Waals surface area contributed by atoms with Crippen molar-refractivity contribution in [1.82, 2.24) is 4.57 Å². The Balaban J connectivity index is 1.01. The molecule has 0 atom stereocenters. The van der Waals surface area contributed by atoms with Gasteiger partial charge in [0.1, 0.15) is 0 Å². The fourth-order valence-electron chi connectivity index (χ4n) is 9.04. The van der Waals surface area contributed by atoms with Gasteiger partial charge in [0.25, 0.3) is 0 Å². The molecule has 62 heavy (non-hydrogen) atoms. The van der Waals surface area contributed by atoms with E-state index in [-0.39, 0.29) is 0 Å². The molecule has 292 valence electrons. The minimum atomic E-state index is 1.08. The van der Waals surface area contributed by atoms with Crippen LogP contribution in [0, 0.1) is 0 Å². The van der Waals surface area contributed by atoms with E-state index >= 15 is 0 Å². The van der Waals surface area contributed by atoms with Gasteiger partial charge in [0.05, 0.1) is 16.7 Å². The molecule has 10 aromatic carbocycles. The SMILES string of the molecule is c1ccc(-c2ccc(N(c3ccc(-c4cccc(-c5ccccc5)c4)cc3)c3ccc(-c4cccc(-n5c6ccccc6c6ccccc65)c4-c4ccccc4)cc3)cc2)cc1. The molecule has 1 aromatic heterocycles. The molecule has 0 saturated carbocycles. The zero-order valence-electron chi connectivity index (χ0n) is 34.1. The third-order valence-electron chi connectivity index (χ3n) is 12.0. The Kier molecular flexibility index (Phi) is 9.57. The van der Waals surface area contributed by atoms with Crippen LogP contribution >= 0.6 is 0 Å². The molecule has 0 fully saturated rings. The molecule has 0 N–H and O–H groups in total. The van der Waals surface area contributed by atoms with E-state index in [9.17, 15) is 0 Å². The molecule has 0 aliphatic rings. The zero-order chi connectivity index (χ0) is 41.2. The monoisotopic (exact) mass is 790 g/mol. The van der Waals surface area contributed by atoms with Gasteiger partial charge in [-0.3, -0.25) is 0 Å². The second-order valence-corrected chi connectivity index (χ2v) is 15.7. The smallest absolute Gasteiger partial charge is 0.0546 e. The highest BCUT2D eigenvalue weighted by molar-refractivity contribution is 6.10. The largest absolute Gasteiger partial charge is 0.311 e. The summed E-state index contributed by atoms with van der Waals surface area (Å²) in [6.07, 6.45) is 0. The highest BCUT2D eigenvalue weighted by atomic mass is 15.1. The average molecular weight is 791 g/mol. The van der Waals surface area contributed by atoms with Gasteiger partial charge >= 0.3 is 0 Å². The molecule has 0 aliphatic heterocycles. The maximum atomic E-state index is 2.44. The van der Waals surface area contributed by atoms with Crippen molar-refractivity contribution in [2.45, 2.75) is 0 Å². The lowest BCUT2D eigenvalue weighted by atomic mass is 9.92. The Labute approximate surface area is 362 Å². The van der Waals surface area contributed by atoms with Crippen molar-refractivity contribution in [2.75, 3.05) is 4.90 Å². The van der Waals surface area contributed by atoms with Crippen LogP contribution in [-0.2, 0) is 0 Å². The Morgan fingerprint density at radius 3 is 1.15 bits per heavy atom. The first kappa shape index (κ1) is 36.8. The van der Waals surface area contributed by atoms with Gasteiger partial charge in [-0.05, 0) is 111 Å². The number of anilines is 3. The van der Waals surface area contributed by atoms with Crippen molar-refractivity contribution in [3.63, 3.8) is 0 Å². The second kappa shape index (κ2) is 16.1. The summed E-state index contributed by atoms with van der Waals surface area (Å²) in [5, 5.41) is 2.50. The first-order chi connectivity index (χ1) is 30.8. The van der Waals surface area contributed by atoms with Crippen LogP contribution in [0.1, 0.15) is 0 Å². The van der Waals surface area contributed by atoms with Crippen LogP contribution in [0.3, 0.4) is 0 Å². The molecule has 0 bridgehead atoms. The first-order valence-electron chi connectivity index (χ1n) is 21.3. The van der Waals surface area contributed by atoms with Gasteiger partial charge in [-0.1, -0.05) is 194 Å². The van der Waals surface area contributed by atoms with Crippen LogP contribution in [-0.4, -0.2) is 4.57 Å². The fourth-order valence-corrected chi connectivity index (χ4v) is 9.04. The number of aromatic nitrogens is 1. The summed E-state index contributed by atoms with van der Waals surface area (Å²) in [5.74, 6) is 0. The van der Waals surface area contributed by atoms with Gasteiger partial charge in [-0.25, -0.2) is 0 Å².